The molecule has 0 amide bonds. The summed E-state index contributed by atoms with van der Waals surface area (Å²) in [7, 11) is 4.01. The van der Waals surface area contributed by atoms with Crippen LogP contribution in [0.25, 0.3) is 11.0 Å². The number of imidazole rings is 1. The van der Waals surface area contributed by atoms with Crippen molar-refractivity contribution in [2.75, 3.05) is 6.54 Å². The van der Waals surface area contributed by atoms with E-state index in [0.717, 1.165) is 30.0 Å². The maximum atomic E-state index is 4.72. The fourth-order valence-corrected chi connectivity index (χ4v) is 2.66. The number of nitrogens with zero attached hydrogens (tertiary/aromatic N) is 4. The Bertz CT molecular complexity index is 740. The number of hydrogen-bond donors (Lipinski definition) is 1. The molecule has 5 nitrogen and oxygen atoms in total. The molecule has 110 valence electrons. The summed E-state index contributed by atoms with van der Waals surface area (Å²) in [5, 5.41) is 7.91. The van der Waals surface area contributed by atoms with Crippen LogP contribution in [0, 0.1) is 0 Å². The van der Waals surface area contributed by atoms with Gasteiger partial charge >= 0.3 is 0 Å². The molecule has 0 fully saturated rings. The Hall–Kier alpha value is -2.14. The number of benzene rings is 1. The van der Waals surface area contributed by atoms with Crippen LogP contribution in [0.4, 0.5) is 0 Å². The molecule has 0 aliphatic heterocycles. The minimum Gasteiger partial charge on any atom is -0.330 e. The van der Waals surface area contributed by atoms with Crippen LogP contribution in [-0.2, 0) is 20.5 Å². The standard InChI is InChI=1S/C16H21N5/c1-12(17-10-8-13-9-11-20(2)19-13)16-18-14-6-4-5-7-15(14)21(16)3/h4-7,9,11-12,17H,8,10H2,1-3H3. The zero-order valence-electron chi connectivity index (χ0n) is 12.7. The van der Waals surface area contributed by atoms with E-state index in [1.165, 1.54) is 5.52 Å². The van der Waals surface area contributed by atoms with Crippen molar-refractivity contribution in [2.24, 2.45) is 14.1 Å². The topological polar surface area (TPSA) is 47.7 Å². The summed E-state index contributed by atoms with van der Waals surface area (Å²) in [6.45, 7) is 3.04. The molecule has 21 heavy (non-hydrogen) atoms. The molecule has 5 heteroatoms. The smallest absolute Gasteiger partial charge is 0.126 e. The number of aromatic nitrogens is 4. The first-order valence-electron chi connectivity index (χ1n) is 7.28. The third kappa shape index (κ3) is 2.83. The maximum Gasteiger partial charge on any atom is 0.126 e. The number of rotatable bonds is 5. The normalized spacial score (nSPS) is 12.9. The van der Waals surface area contributed by atoms with Crippen LogP contribution >= 0.6 is 0 Å². The zero-order chi connectivity index (χ0) is 14.8. The molecule has 1 aromatic carbocycles. The van der Waals surface area contributed by atoms with Crippen molar-refractivity contribution < 1.29 is 0 Å². The fourth-order valence-electron chi connectivity index (χ4n) is 2.66. The molecule has 0 saturated heterocycles. The van der Waals surface area contributed by atoms with Crippen LogP contribution < -0.4 is 5.32 Å². The average molecular weight is 283 g/mol. The molecule has 2 heterocycles. The number of aryl methyl sites for hydroxylation is 2. The molecule has 3 rings (SSSR count). The van der Waals surface area contributed by atoms with Crippen LogP contribution in [-0.4, -0.2) is 25.9 Å². The van der Waals surface area contributed by atoms with Crippen molar-refractivity contribution >= 4 is 11.0 Å². The molecule has 3 aromatic rings. The summed E-state index contributed by atoms with van der Waals surface area (Å²) in [4.78, 5) is 4.72. The molecule has 1 unspecified atom stereocenters. The summed E-state index contributed by atoms with van der Waals surface area (Å²) in [6, 6.07) is 10.5. The minimum atomic E-state index is 0.214. The molecule has 0 saturated carbocycles. The van der Waals surface area contributed by atoms with Gasteiger partial charge in [-0.15, -0.1) is 0 Å². The third-order valence-corrected chi connectivity index (χ3v) is 3.81. The molecule has 0 radical (unpaired) electrons. The second kappa shape index (κ2) is 5.69. The lowest BCUT2D eigenvalue weighted by molar-refractivity contribution is 0.533. The van der Waals surface area contributed by atoms with Gasteiger partial charge in [-0.05, 0) is 25.1 Å². The van der Waals surface area contributed by atoms with Gasteiger partial charge in [0.25, 0.3) is 0 Å². The highest BCUT2D eigenvalue weighted by Crippen LogP contribution is 2.18. The summed E-state index contributed by atoms with van der Waals surface area (Å²) in [5.41, 5.74) is 3.33. The summed E-state index contributed by atoms with van der Waals surface area (Å²) >= 11 is 0. The Balaban J connectivity index is 1.66. The van der Waals surface area contributed by atoms with Crippen molar-refractivity contribution in [3.8, 4) is 0 Å². The molecule has 0 bridgehead atoms. The Morgan fingerprint density at radius 1 is 1.19 bits per heavy atom. The Morgan fingerprint density at radius 2 is 2.00 bits per heavy atom. The molecular formula is C16H21N5. The molecule has 2 aromatic heterocycles. The van der Waals surface area contributed by atoms with E-state index in [4.69, 9.17) is 4.98 Å². The van der Waals surface area contributed by atoms with Gasteiger partial charge in [0.2, 0.25) is 0 Å². The van der Waals surface area contributed by atoms with Gasteiger partial charge in [0.15, 0.2) is 0 Å². The van der Waals surface area contributed by atoms with Gasteiger partial charge in [-0.2, -0.15) is 5.10 Å². The van der Waals surface area contributed by atoms with E-state index >= 15 is 0 Å². The average Bonchev–Trinajstić information content (AvgIpc) is 3.03. The predicted molar refractivity (Wildman–Crippen MR) is 84.0 cm³/mol. The molecule has 0 spiro atoms. The first kappa shape index (κ1) is 13.8. The Kier molecular flexibility index (Phi) is 3.75. The number of fused-ring (bicyclic) bond motifs is 1. The molecule has 1 N–H and O–H groups in total. The monoisotopic (exact) mass is 283 g/mol. The second-order valence-electron chi connectivity index (χ2n) is 5.42. The maximum absolute atomic E-state index is 4.72. The highest BCUT2D eigenvalue weighted by Gasteiger charge is 2.13. The van der Waals surface area contributed by atoms with Gasteiger partial charge in [-0.1, -0.05) is 12.1 Å². The number of hydrogen-bond acceptors (Lipinski definition) is 3. The molecule has 0 aliphatic carbocycles. The first-order chi connectivity index (χ1) is 10.1. The molecular weight excluding hydrogens is 262 g/mol. The highest BCUT2D eigenvalue weighted by atomic mass is 15.2. The van der Waals surface area contributed by atoms with Crippen molar-refractivity contribution in [2.45, 2.75) is 19.4 Å². The minimum absolute atomic E-state index is 0.214. The number of nitrogens with one attached hydrogen (secondary N) is 1. The van der Waals surface area contributed by atoms with Gasteiger partial charge in [0, 0.05) is 33.3 Å². The van der Waals surface area contributed by atoms with Gasteiger partial charge < -0.3 is 9.88 Å². The van der Waals surface area contributed by atoms with E-state index in [1.807, 2.05) is 30.1 Å². The van der Waals surface area contributed by atoms with Crippen LogP contribution in [0.1, 0.15) is 24.5 Å². The van der Waals surface area contributed by atoms with Crippen molar-refractivity contribution in [3.05, 3.63) is 48.0 Å². The van der Waals surface area contributed by atoms with Crippen molar-refractivity contribution in [1.29, 1.82) is 0 Å². The number of para-hydroxylation sites is 2. The van der Waals surface area contributed by atoms with Crippen molar-refractivity contribution in [1.82, 2.24) is 24.6 Å². The van der Waals surface area contributed by atoms with Crippen LogP contribution in [0.15, 0.2) is 36.5 Å². The lowest BCUT2D eigenvalue weighted by Gasteiger charge is -2.13. The van der Waals surface area contributed by atoms with E-state index < -0.39 is 0 Å². The largest absolute Gasteiger partial charge is 0.330 e. The zero-order valence-corrected chi connectivity index (χ0v) is 12.7. The lowest BCUT2D eigenvalue weighted by atomic mass is 10.2. The van der Waals surface area contributed by atoms with E-state index in [2.05, 4.69) is 47.2 Å². The molecule has 0 aliphatic rings. The van der Waals surface area contributed by atoms with Crippen molar-refractivity contribution in [3.63, 3.8) is 0 Å². The van der Waals surface area contributed by atoms with E-state index in [-0.39, 0.29) is 6.04 Å². The summed E-state index contributed by atoms with van der Waals surface area (Å²) in [6.07, 6.45) is 2.90. The van der Waals surface area contributed by atoms with Crippen LogP contribution in [0.2, 0.25) is 0 Å². The van der Waals surface area contributed by atoms with Gasteiger partial charge in [0.1, 0.15) is 5.82 Å². The first-order valence-corrected chi connectivity index (χ1v) is 7.28. The lowest BCUT2D eigenvalue weighted by Crippen LogP contribution is -2.24. The third-order valence-electron chi connectivity index (χ3n) is 3.81. The van der Waals surface area contributed by atoms with Gasteiger partial charge in [-0.3, -0.25) is 4.68 Å². The SMILES string of the molecule is CC(NCCc1ccn(C)n1)c1nc2ccccc2n1C. The summed E-state index contributed by atoms with van der Waals surface area (Å²) in [5.74, 6) is 1.07. The highest BCUT2D eigenvalue weighted by molar-refractivity contribution is 5.75. The van der Waals surface area contributed by atoms with Gasteiger partial charge in [0.05, 0.1) is 22.8 Å². The van der Waals surface area contributed by atoms with E-state index in [1.54, 1.807) is 0 Å². The van der Waals surface area contributed by atoms with E-state index in [9.17, 15) is 0 Å². The van der Waals surface area contributed by atoms with E-state index in [0.29, 0.717) is 0 Å². The summed E-state index contributed by atoms with van der Waals surface area (Å²) < 4.78 is 4.00. The quantitative estimate of drug-likeness (QED) is 0.781. The Labute approximate surface area is 124 Å². The Morgan fingerprint density at radius 3 is 2.71 bits per heavy atom. The van der Waals surface area contributed by atoms with Crippen LogP contribution in [0.5, 0.6) is 0 Å². The van der Waals surface area contributed by atoms with Gasteiger partial charge in [-0.25, -0.2) is 4.98 Å². The second-order valence-corrected chi connectivity index (χ2v) is 5.42. The predicted octanol–water partition coefficient (Wildman–Crippen LogP) is 2.20. The van der Waals surface area contributed by atoms with Crippen LogP contribution in [0.3, 0.4) is 0 Å². The molecule has 1 atom stereocenters. The fraction of sp³-hybridized carbons (Fsp3) is 0.375.